The average Bonchev–Trinajstić information content (AvgIpc) is 2.38. The second-order valence-corrected chi connectivity index (χ2v) is 5.08. The van der Waals surface area contributed by atoms with E-state index >= 15 is 0 Å². The Morgan fingerprint density at radius 2 is 2.35 bits per heavy atom. The van der Waals surface area contributed by atoms with E-state index in [1.54, 1.807) is 6.33 Å². The summed E-state index contributed by atoms with van der Waals surface area (Å²) in [5, 5.41) is 6.85. The Bertz CT molecular complexity index is 345. The van der Waals surface area contributed by atoms with Gasteiger partial charge in [-0.25, -0.2) is 9.97 Å². The summed E-state index contributed by atoms with van der Waals surface area (Å²) in [7, 11) is 0. The van der Waals surface area contributed by atoms with Crippen LogP contribution in [-0.4, -0.2) is 29.6 Å². The molecule has 0 aliphatic carbocycles. The monoisotopic (exact) mass is 234 g/mol. The maximum Gasteiger partial charge on any atom is 0.129 e. The van der Waals surface area contributed by atoms with Crippen molar-refractivity contribution in [1.82, 2.24) is 15.3 Å². The zero-order chi connectivity index (χ0) is 12.1. The molecule has 1 fully saturated rings. The molecule has 0 bridgehead atoms. The fourth-order valence-electron chi connectivity index (χ4n) is 2.13. The predicted molar refractivity (Wildman–Crippen MR) is 70.2 cm³/mol. The molecular formula is C13H22N4. The number of aromatic nitrogens is 2. The Labute approximate surface area is 103 Å². The van der Waals surface area contributed by atoms with Crippen molar-refractivity contribution in [2.24, 2.45) is 5.92 Å². The second-order valence-electron chi connectivity index (χ2n) is 5.08. The number of nitrogens with one attached hydrogen (secondary N) is 2. The van der Waals surface area contributed by atoms with Crippen LogP contribution in [0.25, 0.3) is 0 Å². The lowest BCUT2D eigenvalue weighted by Crippen LogP contribution is -2.33. The van der Waals surface area contributed by atoms with Gasteiger partial charge in [0.2, 0.25) is 0 Å². The number of hydrogen-bond donors (Lipinski definition) is 2. The largest absolute Gasteiger partial charge is 0.370 e. The first kappa shape index (κ1) is 12.3. The van der Waals surface area contributed by atoms with Crippen molar-refractivity contribution in [2.45, 2.75) is 32.6 Å². The van der Waals surface area contributed by atoms with Crippen molar-refractivity contribution in [1.29, 1.82) is 0 Å². The molecule has 2 rings (SSSR count). The number of hydrogen-bond acceptors (Lipinski definition) is 4. The molecule has 1 aromatic rings. The van der Waals surface area contributed by atoms with E-state index in [4.69, 9.17) is 0 Å². The highest BCUT2D eigenvalue weighted by Crippen LogP contribution is 2.15. The Morgan fingerprint density at radius 1 is 1.47 bits per heavy atom. The molecule has 1 atom stereocenters. The zero-order valence-electron chi connectivity index (χ0n) is 10.7. The van der Waals surface area contributed by atoms with Gasteiger partial charge in [-0.2, -0.15) is 0 Å². The molecule has 1 saturated heterocycles. The van der Waals surface area contributed by atoms with Gasteiger partial charge >= 0.3 is 0 Å². The van der Waals surface area contributed by atoms with Crippen LogP contribution in [-0.2, 0) is 0 Å². The minimum Gasteiger partial charge on any atom is -0.370 e. The van der Waals surface area contributed by atoms with Gasteiger partial charge in [-0.1, -0.05) is 13.8 Å². The van der Waals surface area contributed by atoms with Gasteiger partial charge in [-0.15, -0.1) is 0 Å². The topological polar surface area (TPSA) is 49.8 Å². The van der Waals surface area contributed by atoms with Gasteiger partial charge in [-0.05, 0) is 37.8 Å². The van der Waals surface area contributed by atoms with Crippen LogP contribution in [0.3, 0.4) is 0 Å². The van der Waals surface area contributed by atoms with Crippen LogP contribution in [0.2, 0.25) is 0 Å². The number of rotatable bonds is 4. The van der Waals surface area contributed by atoms with Gasteiger partial charge in [0.25, 0.3) is 0 Å². The van der Waals surface area contributed by atoms with Crippen molar-refractivity contribution in [3.05, 3.63) is 18.1 Å². The molecule has 4 heteroatoms. The molecule has 0 spiro atoms. The van der Waals surface area contributed by atoms with E-state index in [0.29, 0.717) is 5.92 Å². The quantitative estimate of drug-likeness (QED) is 0.836. The van der Waals surface area contributed by atoms with Gasteiger partial charge in [0.05, 0.1) is 0 Å². The van der Waals surface area contributed by atoms with Gasteiger partial charge < -0.3 is 10.6 Å². The highest BCUT2D eigenvalue weighted by Gasteiger charge is 2.12. The maximum absolute atomic E-state index is 4.27. The molecule has 0 saturated carbocycles. The van der Waals surface area contributed by atoms with E-state index in [9.17, 15) is 0 Å². The maximum atomic E-state index is 4.27. The van der Waals surface area contributed by atoms with E-state index in [1.807, 2.05) is 0 Å². The van der Waals surface area contributed by atoms with E-state index in [2.05, 4.69) is 40.5 Å². The first-order chi connectivity index (χ1) is 8.25. The lowest BCUT2D eigenvalue weighted by atomic mass is 10.00. The number of piperidine rings is 1. The molecule has 1 aliphatic heterocycles. The molecule has 4 nitrogen and oxygen atoms in total. The van der Waals surface area contributed by atoms with Crippen LogP contribution in [0.1, 0.15) is 38.3 Å². The highest BCUT2D eigenvalue weighted by atomic mass is 15.0. The van der Waals surface area contributed by atoms with Gasteiger partial charge in [0, 0.05) is 18.3 Å². The normalized spacial score (nSPS) is 20.5. The molecule has 1 aromatic heterocycles. The summed E-state index contributed by atoms with van der Waals surface area (Å²) in [4.78, 5) is 8.53. The van der Waals surface area contributed by atoms with Crippen molar-refractivity contribution in [3.63, 3.8) is 0 Å². The Hall–Kier alpha value is -1.16. The molecule has 0 aromatic carbocycles. The van der Waals surface area contributed by atoms with E-state index in [-0.39, 0.29) is 0 Å². The van der Waals surface area contributed by atoms with Crippen molar-refractivity contribution in [3.8, 4) is 0 Å². The van der Waals surface area contributed by atoms with E-state index < -0.39 is 0 Å². The average molecular weight is 234 g/mol. The first-order valence-electron chi connectivity index (χ1n) is 6.52. The summed E-state index contributed by atoms with van der Waals surface area (Å²) >= 11 is 0. The number of nitrogens with zero attached hydrogens (tertiary/aromatic N) is 2. The fourth-order valence-corrected chi connectivity index (χ4v) is 2.13. The van der Waals surface area contributed by atoms with Crippen LogP contribution in [0, 0.1) is 5.92 Å². The minimum atomic E-state index is 0.454. The molecule has 1 aliphatic rings. The van der Waals surface area contributed by atoms with Crippen LogP contribution in [0.15, 0.2) is 12.4 Å². The smallest absolute Gasteiger partial charge is 0.129 e. The molecule has 0 amide bonds. The minimum absolute atomic E-state index is 0.454. The lowest BCUT2D eigenvalue weighted by molar-refractivity contribution is 0.392. The summed E-state index contributed by atoms with van der Waals surface area (Å²) in [6.07, 6.45) is 4.24. The molecule has 17 heavy (non-hydrogen) atoms. The Kier molecular flexibility index (Phi) is 4.31. The summed E-state index contributed by atoms with van der Waals surface area (Å²) in [5.74, 6) is 2.13. The SMILES string of the molecule is CC(C)c1cc(NCC2CCCNC2)ncn1. The third-order valence-electron chi connectivity index (χ3n) is 3.25. The predicted octanol–water partition coefficient (Wildman–Crippen LogP) is 2.01. The number of anilines is 1. The standard InChI is InChI=1S/C13H22N4/c1-10(2)12-6-13(17-9-16-12)15-8-11-4-3-5-14-7-11/h6,9-11,14H,3-5,7-8H2,1-2H3,(H,15,16,17). The third-order valence-corrected chi connectivity index (χ3v) is 3.25. The van der Waals surface area contributed by atoms with Crippen LogP contribution in [0.4, 0.5) is 5.82 Å². The van der Waals surface area contributed by atoms with Crippen LogP contribution < -0.4 is 10.6 Å². The van der Waals surface area contributed by atoms with Crippen molar-refractivity contribution < 1.29 is 0 Å². The van der Waals surface area contributed by atoms with Crippen molar-refractivity contribution in [2.75, 3.05) is 25.0 Å². The Balaban J connectivity index is 1.87. The molecule has 2 heterocycles. The van der Waals surface area contributed by atoms with E-state index in [1.165, 1.54) is 19.4 Å². The van der Waals surface area contributed by atoms with Crippen LogP contribution in [0.5, 0.6) is 0 Å². The fraction of sp³-hybridized carbons (Fsp3) is 0.692. The third kappa shape index (κ3) is 3.66. The summed E-state index contributed by atoms with van der Waals surface area (Å²) in [6.45, 7) is 7.59. The lowest BCUT2D eigenvalue weighted by Gasteiger charge is -2.23. The van der Waals surface area contributed by atoms with Gasteiger partial charge in [-0.3, -0.25) is 0 Å². The molecule has 2 N–H and O–H groups in total. The molecule has 94 valence electrons. The van der Waals surface area contributed by atoms with Gasteiger partial charge in [0.15, 0.2) is 0 Å². The second kappa shape index (κ2) is 5.96. The first-order valence-corrected chi connectivity index (χ1v) is 6.52. The summed E-state index contributed by atoms with van der Waals surface area (Å²) in [6, 6.07) is 2.06. The van der Waals surface area contributed by atoms with Crippen molar-refractivity contribution >= 4 is 5.82 Å². The summed E-state index contributed by atoms with van der Waals surface area (Å²) in [5.41, 5.74) is 1.10. The Morgan fingerprint density at radius 3 is 3.06 bits per heavy atom. The van der Waals surface area contributed by atoms with Gasteiger partial charge in [0.1, 0.15) is 12.1 Å². The molecule has 1 unspecified atom stereocenters. The summed E-state index contributed by atoms with van der Waals surface area (Å²) < 4.78 is 0. The molecular weight excluding hydrogens is 212 g/mol. The van der Waals surface area contributed by atoms with E-state index in [0.717, 1.165) is 30.5 Å². The highest BCUT2D eigenvalue weighted by molar-refractivity contribution is 5.35. The van der Waals surface area contributed by atoms with Crippen LogP contribution >= 0.6 is 0 Å². The molecule has 0 radical (unpaired) electrons. The zero-order valence-corrected chi connectivity index (χ0v) is 10.7.